The van der Waals surface area contributed by atoms with Crippen LogP contribution in [0, 0.1) is 24.0 Å². The molecule has 2 aromatic carbocycles. The number of rotatable bonds is 7. The van der Waals surface area contributed by atoms with E-state index >= 15 is 0 Å². The summed E-state index contributed by atoms with van der Waals surface area (Å²) in [6.45, 7) is 3.56. The van der Waals surface area contributed by atoms with Crippen molar-refractivity contribution >= 4 is 17.8 Å². The summed E-state index contributed by atoms with van der Waals surface area (Å²) in [6, 6.07) is 14.2. The molecule has 0 aliphatic heterocycles. The highest BCUT2D eigenvalue weighted by Crippen LogP contribution is 2.25. The van der Waals surface area contributed by atoms with E-state index in [4.69, 9.17) is 4.74 Å². The van der Waals surface area contributed by atoms with Gasteiger partial charge in [0.05, 0.1) is 24.8 Å². The Hall–Kier alpha value is -4.01. The first-order valence-corrected chi connectivity index (χ1v) is 9.14. The molecule has 1 heterocycles. The second kappa shape index (κ2) is 8.99. The predicted octanol–water partition coefficient (Wildman–Crippen LogP) is 3.23. The van der Waals surface area contributed by atoms with E-state index in [9.17, 15) is 14.9 Å². The minimum Gasteiger partial charge on any atom is -0.496 e. The van der Waals surface area contributed by atoms with Crippen molar-refractivity contribution < 1.29 is 14.5 Å². The number of hydrogen-bond acceptors (Lipinski definition) is 6. The molecule has 9 heteroatoms. The molecule has 0 atom stereocenters. The zero-order valence-corrected chi connectivity index (χ0v) is 16.8. The Bertz CT molecular complexity index is 1110. The van der Waals surface area contributed by atoms with Crippen LogP contribution in [-0.4, -0.2) is 33.9 Å². The van der Waals surface area contributed by atoms with Gasteiger partial charge in [0.1, 0.15) is 17.1 Å². The number of aromatic nitrogens is 2. The number of methoxy groups -OCH3 is 1. The molecule has 1 aromatic heterocycles. The van der Waals surface area contributed by atoms with Crippen molar-refractivity contribution in [3.05, 3.63) is 86.7 Å². The second-order valence-electron chi connectivity index (χ2n) is 6.57. The van der Waals surface area contributed by atoms with Gasteiger partial charge in [0.25, 0.3) is 5.91 Å². The molecule has 0 aliphatic rings. The van der Waals surface area contributed by atoms with Crippen LogP contribution < -0.4 is 10.2 Å². The van der Waals surface area contributed by atoms with Gasteiger partial charge in [-0.05, 0) is 49.7 Å². The number of nitro groups is 1. The molecule has 0 bridgehead atoms. The quantitative estimate of drug-likeness (QED) is 0.367. The predicted molar refractivity (Wildman–Crippen MR) is 112 cm³/mol. The SMILES string of the molecule is COc1ccc(/C=N\NC(=O)c2ccccc2)cc1Cn1nc(C)c([N+](=O)[O-])c1C. The van der Waals surface area contributed by atoms with Gasteiger partial charge in [0.15, 0.2) is 0 Å². The third-order valence-corrected chi connectivity index (χ3v) is 4.57. The molecule has 3 rings (SSSR count). The third kappa shape index (κ3) is 4.52. The first kappa shape index (κ1) is 20.7. The lowest BCUT2D eigenvalue weighted by Crippen LogP contribution is -2.17. The van der Waals surface area contributed by atoms with Crippen LogP contribution in [0.25, 0.3) is 0 Å². The van der Waals surface area contributed by atoms with Gasteiger partial charge in [-0.25, -0.2) is 5.43 Å². The molecular weight excluding hydrogens is 386 g/mol. The standard InChI is InChI=1S/C21H21N5O4/c1-14-20(26(28)29)15(2)25(24-14)13-18-11-16(9-10-19(18)30-3)12-22-23-21(27)17-7-5-4-6-8-17/h4-12H,13H2,1-3H3,(H,23,27)/b22-12-. The summed E-state index contributed by atoms with van der Waals surface area (Å²) in [6.07, 6.45) is 1.52. The largest absolute Gasteiger partial charge is 0.496 e. The number of nitrogens with zero attached hydrogens (tertiary/aromatic N) is 4. The summed E-state index contributed by atoms with van der Waals surface area (Å²) in [7, 11) is 1.55. The fraction of sp³-hybridized carbons (Fsp3) is 0.190. The zero-order valence-electron chi connectivity index (χ0n) is 16.8. The van der Waals surface area contributed by atoms with Crippen LogP contribution in [0.4, 0.5) is 5.69 Å². The van der Waals surface area contributed by atoms with E-state index in [0.717, 1.165) is 11.1 Å². The number of carbonyl (C=O) groups excluding carboxylic acids is 1. The van der Waals surface area contributed by atoms with Crippen molar-refractivity contribution in [2.45, 2.75) is 20.4 Å². The van der Waals surface area contributed by atoms with Crippen molar-refractivity contribution in [1.82, 2.24) is 15.2 Å². The van der Waals surface area contributed by atoms with Crippen LogP contribution in [0.2, 0.25) is 0 Å². The van der Waals surface area contributed by atoms with E-state index in [1.807, 2.05) is 12.1 Å². The Morgan fingerprint density at radius 3 is 2.63 bits per heavy atom. The molecule has 0 aliphatic carbocycles. The highest BCUT2D eigenvalue weighted by atomic mass is 16.6. The number of aryl methyl sites for hydroxylation is 1. The molecule has 9 nitrogen and oxygen atoms in total. The average molecular weight is 407 g/mol. The molecule has 0 spiro atoms. The zero-order chi connectivity index (χ0) is 21.7. The molecule has 0 saturated carbocycles. The molecule has 1 amide bonds. The van der Waals surface area contributed by atoms with Gasteiger partial charge in [-0.3, -0.25) is 19.6 Å². The van der Waals surface area contributed by atoms with Crippen molar-refractivity contribution in [2.75, 3.05) is 7.11 Å². The molecule has 3 aromatic rings. The summed E-state index contributed by atoms with van der Waals surface area (Å²) >= 11 is 0. The van der Waals surface area contributed by atoms with Crippen LogP contribution in [0.5, 0.6) is 5.75 Å². The number of hydrogen-bond donors (Lipinski definition) is 1. The van der Waals surface area contributed by atoms with Gasteiger partial charge in [0.2, 0.25) is 0 Å². The van der Waals surface area contributed by atoms with Crippen molar-refractivity contribution in [3.63, 3.8) is 0 Å². The highest BCUT2D eigenvalue weighted by Gasteiger charge is 2.22. The lowest BCUT2D eigenvalue weighted by atomic mass is 10.1. The van der Waals surface area contributed by atoms with Crippen LogP contribution >= 0.6 is 0 Å². The van der Waals surface area contributed by atoms with Crippen LogP contribution in [-0.2, 0) is 6.54 Å². The molecular formula is C21H21N5O4. The van der Waals surface area contributed by atoms with Crippen molar-refractivity contribution in [3.8, 4) is 5.75 Å². The monoisotopic (exact) mass is 407 g/mol. The van der Waals surface area contributed by atoms with E-state index in [2.05, 4.69) is 15.6 Å². The number of carbonyl (C=O) groups is 1. The molecule has 0 fully saturated rings. The Kier molecular flexibility index (Phi) is 6.21. The first-order chi connectivity index (χ1) is 14.4. The maximum absolute atomic E-state index is 12.1. The minimum atomic E-state index is -0.427. The van der Waals surface area contributed by atoms with E-state index in [-0.39, 0.29) is 11.6 Å². The van der Waals surface area contributed by atoms with E-state index < -0.39 is 4.92 Å². The number of nitrogens with one attached hydrogen (secondary N) is 1. The fourth-order valence-electron chi connectivity index (χ4n) is 3.09. The summed E-state index contributed by atoms with van der Waals surface area (Å²) < 4.78 is 6.98. The topological polar surface area (TPSA) is 112 Å². The Balaban J connectivity index is 1.80. The lowest BCUT2D eigenvalue weighted by Gasteiger charge is -2.10. The van der Waals surface area contributed by atoms with Gasteiger partial charge < -0.3 is 4.74 Å². The Labute approximate surface area is 173 Å². The van der Waals surface area contributed by atoms with Gasteiger partial charge >= 0.3 is 5.69 Å². The molecule has 30 heavy (non-hydrogen) atoms. The summed E-state index contributed by atoms with van der Waals surface area (Å²) in [5.41, 5.74) is 5.34. The summed E-state index contributed by atoms with van der Waals surface area (Å²) in [4.78, 5) is 22.9. The average Bonchev–Trinajstić information content (AvgIpc) is 3.01. The summed E-state index contributed by atoms with van der Waals surface area (Å²) in [5.74, 6) is 0.311. The lowest BCUT2D eigenvalue weighted by molar-refractivity contribution is -0.386. The second-order valence-corrected chi connectivity index (χ2v) is 6.57. The normalized spacial score (nSPS) is 10.9. The fourth-order valence-corrected chi connectivity index (χ4v) is 3.09. The number of hydrazone groups is 1. The number of amides is 1. The van der Waals surface area contributed by atoms with E-state index in [0.29, 0.717) is 29.2 Å². The highest BCUT2D eigenvalue weighted by molar-refractivity contribution is 5.94. The molecule has 0 radical (unpaired) electrons. The van der Waals surface area contributed by atoms with Gasteiger partial charge in [-0.15, -0.1) is 0 Å². The molecule has 0 unspecified atom stereocenters. The third-order valence-electron chi connectivity index (χ3n) is 4.57. The van der Waals surface area contributed by atoms with Gasteiger partial charge in [-0.2, -0.15) is 10.2 Å². The summed E-state index contributed by atoms with van der Waals surface area (Å²) in [5, 5.41) is 19.5. The van der Waals surface area contributed by atoms with Crippen LogP contribution in [0.15, 0.2) is 53.6 Å². The Morgan fingerprint density at radius 2 is 2.00 bits per heavy atom. The van der Waals surface area contributed by atoms with E-state index in [1.54, 1.807) is 62.0 Å². The van der Waals surface area contributed by atoms with Gasteiger partial charge in [0, 0.05) is 11.1 Å². The number of ether oxygens (including phenoxy) is 1. The molecule has 154 valence electrons. The van der Waals surface area contributed by atoms with Crippen molar-refractivity contribution in [1.29, 1.82) is 0 Å². The molecule has 1 N–H and O–H groups in total. The van der Waals surface area contributed by atoms with Crippen LogP contribution in [0.1, 0.15) is 32.9 Å². The van der Waals surface area contributed by atoms with Crippen LogP contribution in [0.3, 0.4) is 0 Å². The maximum atomic E-state index is 12.1. The van der Waals surface area contributed by atoms with E-state index in [1.165, 1.54) is 6.21 Å². The minimum absolute atomic E-state index is 0.00954. The first-order valence-electron chi connectivity index (χ1n) is 9.14. The number of benzene rings is 2. The molecule has 0 saturated heterocycles. The van der Waals surface area contributed by atoms with Crippen molar-refractivity contribution in [2.24, 2.45) is 5.10 Å². The van der Waals surface area contributed by atoms with Gasteiger partial charge in [-0.1, -0.05) is 18.2 Å². The maximum Gasteiger partial charge on any atom is 0.312 e. The Morgan fingerprint density at radius 1 is 1.27 bits per heavy atom. The smallest absolute Gasteiger partial charge is 0.312 e.